The smallest absolute Gasteiger partial charge is 0.164 e. The van der Waals surface area contributed by atoms with Crippen molar-refractivity contribution in [2.75, 3.05) is 0 Å². The number of benzene rings is 9. The predicted octanol–water partition coefficient (Wildman–Crippen LogP) is 14.0. The van der Waals surface area contributed by atoms with Crippen molar-refractivity contribution in [2.45, 2.75) is 5.41 Å². The zero-order valence-electron chi connectivity index (χ0n) is 33.6. The summed E-state index contributed by atoms with van der Waals surface area (Å²) in [7, 11) is 0. The molecule has 11 aromatic rings. The molecular formula is C58H36N4. The first-order valence-electron chi connectivity index (χ1n) is 21.2. The summed E-state index contributed by atoms with van der Waals surface area (Å²) in [6.07, 6.45) is 0. The van der Waals surface area contributed by atoms with E-state index in [0.717, 1.165) is 33.4 Å². The molecule has 288 valence electrons. The van der Waals surface area contributed by atoms with Crippen LogP contribution in [0, 0.1) is 0 Å². The Morgan fingerprint density at radius 3 is 1.47 bits per heavy atom. The molecule has 2 heterocycles. The van der Waals surface area contributed by atoms with Gasteiger partial charge in [0.05, 0.1) is 16.4 Å². The predicted molar refractivity (Wildman–Crippen MR) is 252 cm³/mol. The highest BCUT2D eigenvalue weighted by molar-refractivity contribution is 6.11. The van der Waals surface area contributed by atoms with Crippen molar-refractivity contribution in [3.05, 3.63) is 241 Å². The number of fused-ring (bicyclic) bond motifs is 13. The van der Waals surface area contributed by atoms with Crippen molar-refractivity contribution in [3.63, 3.8) is 0 Å². The van der Waals surface area contributed by atoms with Crippen LogP contribution in [0.15, 0.2) is 218 Å². The third-order valence-corrected chi connectivity index (χ3v) is 13.1. The Morgan fingerprint density at radius 2 is 0.790 bits per heavy atom. The molecule has 0 saturated heterocycles. The molecule has 9 aromatic carbocycles. The first kappa shape index (κ1) is 34.6. The van der Waals surface area contributed by atoms with Crippen molar-refractivity contribution in [1.82, 2.24) is 19.5 Å². The molecular weight excluding hydrogens is 753 g/mol. The van der Waals surface area contributed by atoms with Gasteiger partial charge in [-0.2, -0.15) is 0 Å². The number of hydrogen-bond donors (Lipinski definition) is 0. The lowest BCUT2D eigenvalue weighted by Gasteiger charge is -2.30. The Morgan fingerprint density at radius 1 is 0.306 bits per heavy atom. The van der Waals surface area contributed by atoms with Crippen LogP contribution < -0.4 is 0 Å². The Hall–Kier alpha value is -8.21. The molecule has 0 fully saturated rings. The third-order valence-electron chi connectivity index (χ3n) is 13.1. The van der Waals surface area contributed by atoms with Crippen LogP contribution in [0.5, 0.6) is 0 Å². The zero-order valence-corrected chi connectivity index (χ0v) is 33.6. The Kier molecular flexibility index (Phi) is 7.49. The number of para-hydroxylation sites is 1. The fourth-order valence-electron chi connectivity index (χ4n) is 10.5. The quantitative estimate of drug-likeness (QED) is 0.174. The van der Waals surface area contributed by atoms with Crippen LogP contribution in [-0.2, 0) is 5.41 Å². The minimum atomic E-state index is -0.386. The lowest BCUT2D eigenvalue weighted by molar-refractivity contribution is 0.794. The molecule has 0 radical (unpaired) electrons. The topological polar surface area (TPSA) is 43.6 Å². The summed E-state index contributed by atoms with van der Waals surface area (Å²) in [5, 5.41) is 2.41. The molecule has 13 rings (SSSR count). The van der Waals surface area contributed by atoms with Gasteiger partial charge in [-0.1, -0.05) is 188 Å². The van der Waals surface area contributed by atoms with Gasteiger partial charge >= 0.3 is 0 Å². The summed E-state index contributed by atoms with van der Waals surface area (Å²) in [4.78, 5) is 15.0. The van der Waals surface area contributed by atoms with Crippen molar-refractivity contribution in [1.29, 1.82) is 0 Å². The first-order valence-corrected chi connectivity index (χ1v) is 21.2. The van der Waals surface area contributed by atoms with E-state index in [2.05, 4.69) is 162 Å². The highest BCUT2D eigenvalue weighted by Crippen LogP contribution is 2.64. The average Bonchev–Trinajstić information content (AvgIpc) is 3.96. The van der Waals surface area contributed by atoms with Gasteiger partial charge in [0.25, 0.3) is 0 Å². The van der Waals surface area contributed by atoms with Crippen LogP contribution in [0.4, 0.5) is 0 Å². The molecule has 0 bridgehead atoms. The minimum absolute atomic E-state index is 0.386. The molecule has 2 aliphatic rings. The molecule has 4 nitrogen and oxygen atoms in total. The molecule has 0 aliphatic heterocycles. The van der Waals surface area contributed by atoms with E-state index in [1.807, 2.05) is 60.7 Å². The number of hydrogen-bond acceptors (Lipinski definition) is 3. The van der Waals surface area contributed by atoms with E-state index in [1.54, 1.807) is 0 Å². The summed E-state index contributed by atoms with van der Waals surface area (Å²) in [6.45, 7) is 0. The van der Waals surface area contributed by atoms with Crippen molar-refractivity contribution >= 4 is 21.8 Å². The fourth-order valence-corrected chi connectivity index (χ4v) is 10.5. The SMILES string of the molecule is c1ccc(-c2nc(-c3ccccc3)nc(-c3cccc(-n4c5ccccc5c5cc(-c6cccc7c6-c6ccccc6C76c7ccccc7-c7ccccc76)ccc54)c3)n2)cc1. The lowest BCUT2D eigenvalue weighted by atomic mass is 9.70. The normalized spacial score (nSPS) is 13.0. The highest BCUT2D eigenvalue weighted by Gasteiger charge is 2.51. The molecule has 0 unspecified atom stereocenters. The van der Waals surface area contributed by atoms with E-state index in [-0.39, 0.29) is 5.41 Å². The van der Waals surface area contributed by atoms with Gasteiger partial charge in [-0.3, -0.25) is 0 Å². The van der Waals surface area contributed by atoms with E-state index in [9.17, 15) is 0 Å². The molecule has 0 amide bonds. The van der Waals surface area contributed by atoms with Crippen LogP contribution in [-0.4, -0.2) is 19.5 Å². The Bertz CT molecular complexity index is 3480. The lowest BCUT2D eigenvalue weighted by Crippen LogP contribution is -2.25. The summed E-state index contributed by atoms with van der Waals surface area (Å²) >= 11 is 0. The van der Waals surface area contributed by atoms with E-state index in [1.165, 1.54) is 66.4 Å². The molecule has 2 aliphatic carbocycles. The largest absolute Gasteiger partial charge is 0.309 e. The van der Waals surface area contributed by atoms with Gasteiger partial charge in [-0.25, -0.2) is 15.0 Å². The molecule has 1 spiro atoms. The molecule has 0 saturated carbocycles. The van der Waals surface area contributed by atoms with E-state index >= 15 is 0 Å². The third kappa shape index (κ3) is 4.92. The molecule has 0 atom stereocenters. The fraction of sp³-hybridized carbons (Fsp3) is 0.0172. The van der Waals surface area contributed by atoms with Gasteiger partial charge in [0.1, 0.15) is 0 Å². The van der Waals surface area contributed by atoms with Crippen molar-refractivity contribution in [3.8, 4) is 73.2 Å². The molecule has 0 N–H and O–H groups in total. The number of nitrogens with zero attached hydrogens (tertiary/aromatic N) is 4. The standard InChI is InChI=1S/C58H36N4/c1-3-17-37(18-4-1)55-59-56(38-19-5-2-6-20-38)61-57(60-55)40-21-15-22-41(35-40)62-52-32-14-10-25-45(52)47-36-39(33-34-53(47)62)42-27-16-31-51-54(42)46-26-9-13-30-50(46)58(51)48-28-11-7-23-43(48)44-24-8-12-29-49(44)58/h1-36H. The Labute approximate surface area is 359 Å². The summed E-state index contributed by atoms with van der Waals surface area (Å²) < 4.78 is 2.38. The van der Waals surface area contributed by atoms with Crippen LogP contribution in [0.1, 0.15) is 22.3 Å². The number of rotatable bonds is 5. The monoisotopic (exact) mass is 788 g/mol. The number of aromatic nitrogens is 4. The van der Waals surface area contributed by atoms with Crippen LogP contribution in [0.2, 0.25) is 0 Å². The second kappa shape index (κ2) is 13.4. The van der Waals surface area contributed by atoms with E-state index in [0.29, 0.717) is 17.5 Å². The van der Waals surface area contributed by atoms with Crippen LogP contribution in [0.25, 0.3) is 95.0 Å². The summed E-state index contributed by atoms with van der Waals surface area (Å²) in [6, 6.07) is 78.6. The Balaban J connectivity index is 0.983. The van der Waals surface area contributed by atoms with Gasteiger partial charge in [-0.15, -0.1) is 0 Å². The average molecular weight is 789 g/mol. The molecule has 62 heavy (non-hydrogen) atoms. The maximum Gasteiger partial charge on any atom is 0.164 e. The van der Waals surface area contributed by atoms with Crippen LogP contribution in [0.3, 0.4) is 0 Å². The first-order chi connectivity index (χ1) is 30.8. The molecule has 4 heteroatoms. The highest BCUT2D eigenvalue weighted by atomic mass is 15.0. The van der Waals surface area contributed by atoms with Gasteiger partial charge in [-0.05, 0) is 86.0 Å². The zero-order chi connectivity index (χ0) is 40.8. The second-order valence-electron chi connectivity index (χ2n) is 16.3. The van der Waals surface area contributed by atoms with Gasteiger partial charge in [0.15, 0.2) is 17.5 Å². The van der Waals surface area contributed by atoms with E-state index < -0.39 is 0 Å². The van der Waals surface area contributed by atoms with Crippen LogP contribution >= 0.6 is 0 Å². The minimum Gasteiger partial charge on any atom is -0.309 e. The summed E-state index contributed by atoms with van der Waals surface area (Å²) in [5.74, 6) is 1.92. The van der Waals surface area contributed by atoms with Gasteiger partial charge < -0.3 is 4.57 Å². The second-order valence-corrected chi connectivity index (χ2v) is 16.3. The van der Waals surface area contributed by atoms with Crippen molar-refractivity contribution in [2.24, 2.45) is 0 Å². The van der Waals surface area contributed by atoms with E-state index in [4.69, 9.17) is 15.0 Å². The maximum absolute atomic E-state index is 5.06. The summed E-state index contributed by atoms with van der Waals surface area (Å²) in [5.41, 5.74) is 18.8. The maximum atomic E-state index is 5.06. The molecule has 2 aromatic heterocycles. The van der Waals surface area contributed by atoms with Gasteiger partial charge in [0.2, 0.25) is 0 Å². The van der Waals surface area contributed by atoms with Gasteiger partial charge in [0, 0.05) is 33.2 Å². The van der Waals surface area contributed by atoms with Crippen molar-refractivity contribution < 1.29 is 0 Å².